The second kappa shape index (κ2) is 8.91. The van der Waals surface area contributed by atoms with Crippen molar-refractivity contribution in [3.05, 3.63) is 59.1 Å². The summed E-state index contributed by atoms with van der Waals surface area (Å²) in [6.45, 7) is 7.56. The summed E-state index contributed by atoms with van der Waals surface area (Å²) in [5.41, 5.74) is 0.464. The molecular formula is C21H25ClN2O3. The van der Waals surface area contributed by atoms with E-state index in [0.29, 0.717) is 28.4 Å². The Morgan fingerprint density at radius 1 is 1.11 bits per heavy atom. The van der Waals surface area contributed by atoms with Crippen molar-refractivity contribution in [2.45, 2.75) is 45.8 Å². The number of halogens is 1. The molecule has 2 rings (SSSR count). The van der Waals surface area contributed by atoms with Gasteiger partial charge in [-0.25, -0.2) is 0 Å². The highest BCUT2D eigenvalue weighted by Crippen LogP contribution is 2.21. The van der Waals surface area contributed by atoms with Gasteiger partial charge in [0, 0.05) is 10.6 Å². The molecule has 0 aromatic heterocycles. The highest BCUT2D eigenvalue weighted by molar-refractivity contribution is 6.30. The van der Waals surface area contributed by atoms with Crippen molar-refractivity contribution in [3.8, 4) is 5.75 Å². The Kier molecular flexibility index (Phi) is 6.86. The van der Waals surface area contributed by atoms with Crippen LogP contribution in [0.1, 0.15) is 44.5 Å². The number of rotatable bonds is 6. The van der Waals surface area contributed by atoms with E-state index < -0.39 is 6.10 Å². The molecule has 2 N–H and O–H groups in total. The monoisotopic (exact) mass is 388 g/mol. The van der Waals surface area contributed by atoms with Gasteiger partial charge in [-0.05, 0) is 57.5 Å². The van der Waals surface area contributed by atoms with E-state index in [2.05, 4.69) is 10.6 Å². The topological polar surface area (TPSA) is 67.4 Å². The fourth-order valence-electron chi connectivity index (χ4n) is 2.44. The van der Waals surface area contributed by atoms with Crippen LogP contribution in [0.2, 0.25) is 5.02 Å². The number of ether oxygens (including phenoxy) is 1. The molecule has 0 saturated carbocycles. The molecule has 0 heterocycles. The number of para-hydroxylation sites is 1. The molecule has 0 aliphatic heterocycles. The van der Waals surface area contributed by atoms with Crippen molar-refractivity contribution < 1.29 is 14.3 Å². The maximum absolute atomic E-state index is 12.7. The van der Waals surface area contributed by atoms with Gasteiger partial charge in [-0.3, -0.25) is 9.59 Å². The van der Waals surface area contributed by atoms with Crippen LogP contribution in [-0.2, 0) is 4.79 Å². The van der Waals surface area contributed by atoms with E-state index in [1.165, 1.54) is 0 Å². The lowest BCUT2D eigenvalue weighted by Crippen LogP contribution is -2.41. The Hall–Kier alpha value is -2.53. The van der Waals surface area contributed by atoms with Crippen LogP contribution in [0.5, 0.6) is 5.75 Å². The average molecular weight is 389 g/mol. The molecule has 144 valence electrons. The van der Waals surface area contributed by atoms with Gasteiger partial charge in [-0.1, -0.05) is 36.7 Å². The molecule has 2 amide bonds. The zero-order valence-corrected chi connectivity index (χ0v) is 16.8. The molecule has 0 saturated heterocycles. The number of nitrogens with one attached hydrogen (secondary N) is 2. The van der Waals surface area contributed by atoms with Gasteiger partial charge < -0.3 is 15.4 Å². The van der Waals surface area contributed by atoms with Gasteiger partial charge in [0.2, 0.25) is 0 Å². The molecule has 0 aliphatic rings. The van der Waals surface area contributed by atoms with E-state index in [4.69, 9.17) is 16.3 Å². The Morgan fingerprint density at radius 2 is 1.81 bits per heavy atom. The van der Waals surface area contributed by atoms with E-state index in [-0.39, 0.29) is 17.4 Å². The molecule has 0 radical (unpaired) electrons. The van der Waals surface area contributed by atoms with Crippen molar-refractivity contribution in [2.75, 3.05) is 5.32 Å². The number of hydrogen-bond acceptors (Lipinski definition) is 3. The van der Waals surface area contributed by atoms with Crippen molar-refractivity contribution in [1.29, 1.82) is 0 Å². The first-order valence-electron chi connectivity index (χ1n) is 8.84. The number of carbonyl (C=O) groups excluding carboxylic acids is 2. The Labute approximate surface area is 165 Å². The number of amides is 2. The molecule has 2 aromatic carbocycles. The maximum atomic E-state index is 12.7. The molecule has 0 aliphatic carbocycles. The summed E-state index contributed by atoms with van der Waals surface area (Å²) in [4.78, 5) is 25.2. The van der Waals surface area contributed by atoms with Crippen LogP contribution in [0.4, 0.5) is 5.69 Å². The van der Waals surface area contributed by atoms with Crippen LogP contribution in [0, 0.1) is 0 Å². The standard InChI is InChI=1S/C21H25ClN2O3/c1-5-18(27-15-10-8-9-14(22)13-15)20(26)23-17-12-7-6-11-16(17)19(25)24-21(2,3)4/h6-13,18H,5H2,1-4H3,(H,23,26)(H,24,25). The molecule has 2 aromatic rings. The number of carbonyl (C=O) groups is 2. The molecule has 5 nitrogen and oxygen atoms in total. The summed E-state index contributed by atoms with van der Waals surface area (Å²) < 4.78 is 5.76. The minimum atomic E-state index is -0.706. The highest BCUT2D eigenvalue weighted by atomic mass is 35.5. The van der Waals surface area contributed by atoms with Crippen molar-refractivity contribution in [2.24, 2.45) is 0 Å². The van der Waals surface area contributed by atoms with E-state index in [1.54, 1.807) is 48.5 Å². The van der Waals surface area contributed by atoms with Crippen LogP contribution < -0.4 is 15.4 Å². The molecule has 0 spiro atoms. The van der Waals surface area contributed by atoms with E-state index in [9.17, 15) is 9.59 Å². The molecule has 0 fully saturated rings. The summed E-state index contributed by atoms with van der Waals surface area (Å²) in [6.07, 6.45) is -0.239. The summed E-state index contributed by atoms with van der Waals surface area (Å²) in [7, 11) is 0. The van der Waals surface area contributed by atoms with Crippen molar-refractivity contribution in [1.82, 2.24) is 5.32 Å². The maximum Gasteiger partial charge on any atom is 0.265 e. The number of benzene rings is 2. The van der Waals surface area contributed by atoms with Gasteiger partial charge in [0.05, 0.1) is 11.3 Å². The van der Waals surface area contributed by atoms with Gasteiger partial charge in [-0.2, -0.15) is 0 Å². The van der Waals surface area contributed by atoms with E-state index in [1.807, 2.05) is 27.7 Å². The van der Waals surface area contributed by atoms with Crippen LogP contribution in [0.3, 0.4) is 0 Å². The van der Waals surface area contributed by atoms with Gasteiger partial charge in [0.1, 0.15) is 5.75 Å². The predicted molar refractivity (Wildman–Crippen MR) is 108 cm³/mol. The highest BCUT2D eigenvalue weighted by Gasteiger charge is 2.22. The average Bonchev–Trinajstić information content (AvgIpc) is 2.58. The minimum Gasteiger partial charge on any atom is -0.481 e. The minimum absolute atomic E-state index is 0.248. The molecule has 27 heavy (non-hydrogen) atoms. The Morgan fingerprint density at radius 3 is 2.44 bits per heavy atom. The second-order valence-corrected chi connectivity index (χ2v) is 7.65. The summed E-state index contributed by atoms with van der Waals surface area (Å²) in [6, 6.07) is 13.8. The van der Waals surface area contributed by atoms with Gasteiger partial charge in [0.15, 0.2) is 6.10 Å². The van der Waals surface area contributed by atoms with Gasteiger partial charge >= 0.3 is 0 Å². The first-order valence-corrected chi connectivity index (χ1v) is 9.22. The molecule has 1 unspecified atom stereocenters. The lowest BCUT2D eigenvalue weighted by molar-refractivity contribution is -0.122. The van der Waals surface area contributed by atoms with Gasteiger partial charge in [0.25, 0.3) is 11.8 Å². The summed E-state index contributed by atoms with van der Waals surface area (Å²) in [5.74, 6) is -0.0565. The van der Waals surface area contributed by atoms with Crippen LogP contribution in [-0.4, -0.2) is 23.5 Å². The predicted octanol–water partition coefficient (Wildman–Crippen LogP) is 4.66. The van der Waals surface area contributed by atoms with Crippen LogP contribution in [0.15, 0.2) is 48.5 Å². The molecular weight excluding hydrogens is 364 g/mol. The summed E-state index contributed by atoms with van der Waals surface area (Å²) in [5, 5.41) is 6.24. The third-order valence-corrected chi connectivity index (χ3v) is 3.89. The van der Waals surface area contributed by atoms with E-state index >= 15 is 0 Å². The molecule has 0 bridgehead atoms. The van der Waals surface area contributed by atoms with E-state index in [0.717, 1.165) is 0 Å². The first-order chi connectivity index (χ1) is 12.7. The second-order valence-electron chi connectivity index (χ2n) is 7.21. The SMILES string of the molecule is CCC(Oc1cccc(Cl)c1)C(=O)Nc1ccccc1C(=O)NC(C)(C)C. The zero-order valence-electron chi connectivity index (χ0n) is 16.0. The third kappa shape index (κ3) is 6.29. The lowest BCUT2D eigenvalue weighted by Gasteiger charge is -2.22. The zero-order chi connectivity index (χ0) is 20.0. The normalized spacial score (nSPS) is 12.2. The van der Waals surface area contributed by atoms with Crippen LogP contribution in [0.25, 0.3) is 0 Å². The Bertz CT molecular complexity index is 815. The molecule has 6 heteroatoms. The van der Waals surface area contributed by atoms with Crippen LogP contribution >= 0.6 is 11.6 Å². The summed E-state index contributed by atoms with van der Waals surface area (Å²) >= 11 is 5.96. The van der Waals surface area contributed by atoms with Gasteiger partial charge in [-0.15, -0.1) is 0 Å². The number of anilines is 1. The Balaban J connectivity index is 2.15. The third-order valence-electron chi connectivity index (χ3n) is 3.66. The smallest absolute Gasteiger partial charge is 0.265 e. The lowest BCUT2D eigenvalue weighted by atomic mass is 10.1. The number of hydrogen-bond donors (Lipinski definition) is 2. The fraction of sp³-hybridized carbons (Fsp3) is 0.333. The first kappa shape index (κ1) is 20.8. The van der Waals surface area contributed by atoms with Crippen molar-refractivity contribution in [3.63, 3.8) is 0 Å². The molecule has 1 atom stereocenters. The fourth-order valence-corrected chi connectivity index (χ4v) is 2.62. The quantitative estimate of drug-likeness (QED) is 0.755. The van der Waals surface area contributed by atoms with Crippen molar-refractivity contribution >= 4 is 29.1 Å². The largest absolute Gasteiger partial charge is 0.481 e.